The van der Waals surface area contributed by atoms with Crippen LogP contribution < -0.4 is 25.8 Å². The summed E-state index contributed by atoms with van der Waals surface area (Å²) in [6, 6.07) is 9.68. The summed E-state index contributed by atoms with van der Waals surface area (Å²) in [6.45, 7) is 0.632. The molecule has 2 aromatic rings. The molecule has 9 heteroatoms. The van der Waals surface area contributed by atoms with E-state index in [0.29, 0.717) is 45.7 Å². The Balaban J connectivity index is 1.67. The van der Waals surface area contributed by atoms with E-state index in [1.807, 2.05) is 0 Å². The summed E-state index contributed by atoms with van der Waals surface area (Å²) in [4.78, 5) is 24.6. The number of nitrogens with two attached hydrogens (primary N) is 1. The number of amidine groups is 1. The van der Waals surface area contributed by atoms with E-state index in [2.05, 4.69) is 10.6 Å². The van der Waals surface area contributed by atoms with Crippen LogP contribution >= 0.6 is 11.6 Å². The number of amides is 2. The highest BCUT2D eigenvalue weighted by molar-refractivity contribution is 6.31. The zero-order valence-corrected chi connectivity index (χ0v) is 17.9. The van der Waals surface area contributed by atoms with E-state index in [0.717, 1.165) is 12.8 Å². The highest BCUT2D eigenvalue weighted by atomic mass is 35.5. The number of benzene rings is 2. The number of hydrogen-bond donors (Lipinski definition) is 4. The molecule has 0 saturated heterocycles. The summed E-state index contributed by atoms with van der Waals surface area (Å²) in [5, 5.41) is 13.6. The van der Waals surface area contributed by atoms with Crippen molar-refractivity contribution < 1.29 is 19.1 Å². The molecule has 0 heterocycles. The lowest BCUT2D eigenvalue weighted by Crippen LogP contribution is -2.31. The first kappa shape index (κ1) is 22.4. The molecule has 8 nitrogen and oxygen atoms in total. The summed E-state index contributed by atoms with van der Waals surface area (Å²) in [5.74, 6) is 0.735. The molecule has 31 heavy (non-hydrogen) atoms. The van der Waals surface area contributed by atoms with E-state index in [1.54, 1.807) is 36.4 Å². The molecule has 0 radical (unpaired) electrons. The van der Waals surface area contributed by atoms with Crippen LogP contribution in [0.15, 0.2) is 36.4 Å². The van der Waals surface area contributed by atoms with Crippen LogP contribution in [0.1, 0.15) is 34.3 Å². The van der Waals surface area contributed by atoms with Gasteiger partial charge >= 0.3 is 0 Å². The molecule has 1 saturated carbocycles. The van der Waals surface area contributed by atoms with Crippen LogP contribution in [0.5, 0.6) is 11.5 Å². The van der Waals surface area contributed by atoms with Gasteiger partial charge in [0, 0.05) is 34.8 Å². The molecular weight excluding hydrogens is 420 g/mol. The Hall–Kier alpha value is -3.26. The normalized spacial score (nSPS) is 12.7. The predicted molar refractivity (Wildman–Crippen MR) is 118 cm³/mol. The number of nitrogen functional groups attached to an aromatic ring is 1. The molecule has 164 valence electrons. The topological polar surface area (TPSA) is 127 Å². The molecule has 0 atom stereocenters. The Morgan fingerprint density at radius 2 is 1.94 bits per heavy atom. The molecule has 0 bridgehead atoms. The molecule has 2 amide bonds. The van der Waals surface area contributed by atoms with Crippen molar-refractivity contribution in [3.63, 3.8) is 0 Å². The van der Waals surface area contributed by atoms with Crippen LogP contribution in [-0.2, 0) is 11.3 Å². The standard InChI is InChI=1S/C22H25ClN4O4/c1-30-18-7-16(6-17(23)9-18)22(29)27-11-15-5-4-14(21(24)25)8-19(15)31-12-20(28)26-10-13-2-3-13/h4-9,13H,2-3,10-12H2,1H3,(H3,24,25)(H,26,28)(H,27,29). The Morgan fingerprint density at radius 1 is 1.16 bits per heavy atom. The molecule has 1 fully saturated rings. The van der Waals surface area contributed by atoms with Crippen molar-refractivity contribution in [2.75, 3.05) is 20.3 Å². The van der Waals surface area contributed by atoms with Crippen LogP contribution in [0, 0.1) is 11.3 Å². The highest BCUT2D eigenvalue weighted by Gasteiger charge is 2.21. The number of ether oxygens (including phenoxy) is 2. The Labute approximate surface area is 185 Å². The molecule has 5 N–H and O–H groups in total. The van der Waals surface area contributed by atoms with Gasteiger partial charge in [-0.05, 0) is 43.0 Å². The Bertz CT molecular complexity index is 991. The lowest BCUT2D eigenvalue weighted by molar-refractivity contribution is -0.123. The van der Waals surface area contributed by atoms with Crippen molar-refractivity contribution in [1.29, 1.82) is 5.41 Å². The number of carbonyl (C=O) groups is 2. The Kier molecular flexibility index (Phi) is 7.36. The smallest absolute Gasteiger partial charge is 0.257 e. The number of rotatable bonds is 10. The maximum Gasteiger partial charge on any atom is 0.257 e. The van der Waals surface area contributed by atoms with Gasteiger partial charge in [0.25, 0.3) is 11.8 Å². The second-order valence-corrected chi connectivity index (χ2v) is 7.77. The zero-order valence-electron chi connectivity index (χ0n) is 17.2. The van der Waals surface area contributed by atoms with Gasteiger partial charge in [0.1, 0.15) is 17.3 Å². The van der Waals surface area contributed by atoms with Crippen LogP contribution in [0.25, 0.3) is 0 Å². The molecule has 0 aliphatic heterocycles. The van der Waals surface area contributed by atoms with Gasteiger partial charge < -0.3 is 25.8 Å². The molecule has 0 spiro atoms. The molecule has 2 aromatic carbocycles. The van der Waals surface area contributed by atoms with Crippen molar-refractivity contribution in [2.45, 2.75) is 19.4 Å². The first-order chi connectivity index (χ1) is 14.9. The van der Waals surface area contributed by atoms with Crippen molar-refractivity contribution >= 4 is 29.3 Å². The average Bonchev–Trinajstić information content (AvgIpc) is 3.58. The number of methoxy groups -OCH3 is 1. The van der Waals surface area contributed by atoms with Gasteiger partial charge in [-0.1, -0.05) is 23.7 Å². The predicted octanol–water partition coefficient (Wildman–Crippen LogP) is 2.47. The second kappa shape index (κ2) is 10.2. The average molecular weight is 445 g/mol. The van der Waals surface area contributed by atoms with Gasteiger partial charge in [-0.25, -0.2) is 0 Å². The molecule has 1 aliphatic carbocycles. The SMILES string of the molecule is COc1cc(Cl)cc(C(=O)NCc2ccc(C(=N)N)cc2OCC(=O)NCC2CC2)c1. The fourth-order valence-electron chi connectivity index (χ4n) is 2.87. The number of hydrogen-bond acceptors (Lipinski definition) is 5. The molecule has 0 aromatic heterocycles. The maximum atomic E-state index is 12.6. The van der Waals surface area contributed by atoms with Crippen molar-refractivity contribution in [3.8, 4) is 11.5 Å². The fourth-order valence-corrected chi connectivity index (χ4v) is 3.09. The minimum Gasteiger partial charge on any atom is -0.497 e. The second-order valence-electron chi connectivity index (χ2n) is 7.33. The zero-order chi connectivity index (χ0) is 22.4. The van der Waals surface area contributed by atoms with Crippen LogP contribution in [0.4, 0.5) is 0 Å². The minimum atomic E-state index is -0.343. The maximum absolute atomic E-state index is 12.6. The summed E-state index contributed by atoms with van der Waals surface area (Å²) >= 11 is 6.03. The quantitative estimate of drug-likeness (QED) is 0.331. The third kappa shape index (κ3) is 6.62. The monoisotopic (exact) mass is 444 g/mol. The third-order valence-corrected chi connectivity index (χ3v) is 5.05. The van der Waals surface area contributed by atoms with Gasteiger partial charge in [-0.15, -0.1) is 0 Å². The van der Waals surface area contributed by atoms with Crippen LogP contribution in [0.3, 0.4) is 0 Å². The van der Waals surface area contributed by atoms with E-state index in [1.165, 1.54) is 7.11 Å². The van der Waals surface area contributed by atoms with E-state index >= 15 is 0 Å². The number of nitrogens with one attached hydrogen (secondary N) is 3. The van der Waals surface area contributed by atoms with Crippen LogP contribution in [0.2, 0.25) is 5.02 Å². The van der Waals surface area contributed by atoms with Crippen LogP contribution in [-0.4, -0.2) is 37.9 Å². The van der Waals surface area contributed by atoms with Gasteiger partial charge in [-0.2, -0.15) is 0 Å². The molecular formula is C22H25ClN4O4. The first-order valence-electron chi connectivity index (χ1n) is 9.85. The lowest BCUT2D eigenvalue weighted by atomic mass is 10.1. The van der Waals surface area contributed by atoms with Gasteiger partial charge in [0.2, 0.25) is 0 Å². The van der Waals surface area contributed by atoms with Gasteiger partial charge in [0.05, 0.1) is 7.11 Å². The minimum absolute atomic E-state index is 0.121. The van der Waals surface area contributed by atoms with E-state index < -0.39 is 0 Å². The summed E-state index contributed by atoms with van der Waals surface area (Å²) in [7, 11) is 1.49. The summed E-state index contributed by atoms with van der Waals surface area (Å²) in [5.41, 5.74) is 7.03. The summed E-state index contributed by atoms with van der Waals surface area (Å²) < 4.78 is 10.8. The van der Waals surface area contributed by atoms with E-state index in [9.17, 15) is 9.59 Å². The highest BCUT2D eigenvalue weighted by Crippen LogP contribution is 2.27. The molecule has 1 aliphatic rings. The molecule has 0 unspecified atom stereocenters. The fraction of sp³-hybridized carbons (Fsp3) is 0.318. The van der Waals surface area contributed by atoms with Gasteiger partial charge in [-0.3, -0.25) is 15.0 Å². The third-order valence-electron chi connectivity index (χ3n) is 4.83. The van der Waals surface area contributed by atoms with E-state index in [-0.39, 0.29) is 30.8 Å². The molecule has 3 rings (SSSR count). The first-order valence-corrected chi connectivity index (χ1v) is 10.2. The number of halogens is 1. The van der Waals surface area contributed by atoms with E-state index in [4.69, 9.17) is 32.2 Å². The summed E-state index contributed by atoms with van der Waals surface area (Å²) in [6.07, 6.45) is 2.29. The van der Waals surface area contributed by atoms with Crippen molar-refractivity contribution in [3.05, 3.63) is 58.1 Å². The van der Waals surface area contributed by atoms with Gasteiger partial charge in [0.15, 0.2) is 6.61 Å². The Morgan fingerprint density at radius 3 is 2.61 bits per heavy atom. The van der Waals surface area contributed by atoms with Crippen molar-refractivity contribution in [2.24, 2.45) is 11.7 Å². The van der Waals surface area contributed by atoms with Crippen molar-refractivity contribution in [1.82, 2.24) is 10.6 Å². The largest absolute Gasteiger partial charge is 0.497 e. The lowest BCUT2D eigenvalue weighted by Gasteiger charge is -2.14. The number of carbonyl (C=O) groups excluding carboxylic acids is 2.